The summed E-state index contributed by atoms with van der Waals surface area (Å²) >= 11 is 0. The molecule has 164 valence electrons. The lowest BCUT2D eigenvalue weighted by atomic mass is 9.89. The number of hydrogen-bond acceptors (Lipinski definition) is 10. The molecule has 1 aliphatic heterocycles. The molecule has 0 unspecified atom stereocenters. The van der Waals surface area contributed by atoms with Crippen LogP contribution in [0.25, 0.3) is 22.1 Å². The van der Waals surface area contributed by atoms with E-state index in [4.69, 9.17) is 9.15 Å². The van der Waals surface area contributed by atoms with E-state index in [1.807, 2.05) is 0 Å². The molecule has 0 radical (unpaired) electrons. The summed E-state index contributed by atoms with van der Waals surface area (Å²) < 4.78 is 11.0. The minimum Gasteiger partial charge on any atom is -0.508 e. The third-order valence-corrected chi connectivity index (χ3v) is 5.40. The normalized spacial score (nSPS) is 26.3. The summed E-state index contributed by atoms with van der Waals surface area (Å²) in [7, 11) is 0. The molecule has 2 aromatic carbocycles. The van der Waals surface area contributed by atoms with Gasteiger partial charge in [-0.3, -0.25) is 4.79 Å². The quantitative estimate of drug-likeness (QED) is 0.300. The van der Waals surface area contributed by atoms with Gasteiger partial charge in [-0.2, -0.15) is 0 Å². The summed E-state index contributed by atoms with van der Waals surface area (Å²) in [6, 6.07) is 6.56. The summed E-state index contributed by atoms with van der Waals surface area (Å²) in [6.45, 7) is -0.687. The van der Waals surface area contributed by atoms with Gasteiger partial charge in [0, 0.05) is 6.07 Å². The Morgan fingerprint density at radius 3 is 2.23 bits per heavy atom. The molecule has 1 aliphatic rings. The highest BCUT2D eigenvalue weighted by atomic mass is 16.5. The maximum absolute atomic E-state index is 13.1. The van der Waals surface area contributed by atoms with E-state index in [2.05, 4.69) is 0 Å². The molecule has 0 aliphatic carbocycles. The molecule has 0 bridgehead atoms. The number of aliphatic hydroxyl groups excluding tert-OH is 4. The molecule has 0 saturated carbocycles. The van der Waals surface area contributed by atoms with Crippen molar-refractivity contribution in [3.05, 3.63) is 52.4 Å². The van der Waals surface area contributed by atoms with Crippen molar-refractivity contribution in [3.8, 4) is 28.4 Å². The highest BCUT2D eigenvalue weighted by Crippen LogP contribution is 2.43. The van der Waals surface area contributed by atoms with Gasteiger partial charge in [0.1, 0.15) is 59.4 Å². The van der Waals surface area contributed by atoms with Crippen LogP contribution in [0.5, 0.6) is 17.2 Å². The van der Waals surface area contributed by atoms with Gasteiger partial charge in [0.15, 0.2) is 5.58 Å². The second-order valence-electron chi connectivity index (χ2n) is 7.31. The van der Waals surface area contributed by atoms with E-state index in [0.717, 1.165) is 12.3 Å². The van der Waals surface area contributed by atoms with E-state index in [1.165, 1.54) is 24.3 Å². The van der Waals surface area contributed by atoms with Crippen LogP contribution >= 0.6 is 0 Å². The van der Waals surface area contributed by atoms with Crippen molar-refractivity contribution in [3.63, 3.8) is 0 Å². The molecule has 10 heteroatoms. The number of ether oxygens (including phenoxy) is 1. The number of aliphatic hydroxyl groups is 4. The minimum atomic E-state index is -1.74. The van der Waals surface area contributed by atoms with Crippen LogP contribution in [0, 0.1) is 0 Å². The molecule has 1 saturated heterocycles. The first kappa shape index (κ1) is 21.1. The molecule has 10 nitrogen and oxygen atoms in total. The Kier molecular flexibility index (Phi) is 5.33. The summed E-state index contributed by atoms with van der Waals surface area (Å²) in [6.07, 6.45) is -6.73. The number of aromatic hydroxyl groups is 3. The molecule has 1 fully saturated rings. The third-order valence-electron chi connectivity index (χ3n) is 5.40. The van der Waals surface area contributed by atoms with Crippen LogP contribution in [-0.2, 0) is 4.74 Å². The molecular formula is C21H20O10. The Labute approximate surface area is 174 Å². The number of phenolic OH excluding ortho intramolecular Hbond substituents is 3. The molecule has 5 atom stereocenters. The first-order valence-corrected chi connectivity index (χ1v) is 9.34. The number of hydrogen-bond donors (Lipinski definition) is 7. The first-order chi connectivity index (χ1) is 14.7. The smallest absolute Gasteiger partial charge is 0.204 e. The van der Waals surface area contributed by atoms with Crippen molar-refractivity contribution in [2.45, 2.75) is 30.5 Å². The summed E-state index contributed by atoms with van der Waals surface area (Å²) in [4.78, 5) is 13.1. The fourth-order valence-electron chi connectivity index (χ4n) is 3.75. The van der Waals surface area contributed by atoms with E-state index in [0.29, 0.717) is 5.56 Å². The molecule has 3 aromatic rings. The van der Waals surface area contributed by atoms with Crippen molar-refractivity contribution in [1.82, 2.24) is 0 Å². The van der Waals surface area contributed by atoms with Crippen LogP contribution in [0.1, 0.15) is 11.7 Å². The van der Waals surface area contributed by atoms with Crippen molar-refractivity contribution < 1.29 is 44.9 Å². The van der Waals surface area contributed by atoms with E-state index in [1.54, 1.807) is 0 Å². The van der Waals surface area contributed by atoms with E-state index >= 15 is 0 Å². The number of rotatable bonds is 3. The van der Waals surface area contributed by atoms with Crippen molar-refractivity contribution in [2.75, 3.05) is 6.61 Å². The molecular weight excluding hydrogens is 412 g/mol. The zero-order chi connectivity index (χ0) is 22.4. The molecule has 4 rings (SSSR count). The number of phenols is 3. The Morgan fingerprint density at radius 1 is 0.903 bits per heavy atom. The van der Waals surface area contributed by atoms with Gasteiger partial charge < -0.3 is 44.9 Å². The lowest BCUT2D eigenvalue weighted by molar-refractivity contribution is -0.231. The van der Waals surface area contributed by atoms with Gasteiger partial charge in [0.05, 0.1) is 17.7 Å². The monoisotopic (exact) mass is 432 g/mol. The second kappa shape index (κ2) is 7.84. The van der Waals surface area contributed by atoms with Gasteiger partial charge in [-0.1, -0.05) is 12.1 Å². The van der Waals surface area contributed by atoms with Crippen LogP contribution < -0.4 is 5.43 Å². The Hall–Kier alpha value is -3.15. The van der Waals surface area contributed by atoms with Crippen molar-refractivity contribution in [2.24, 2.45) is 0 Å². The Bertz CT molecular complexity index is 1170. The average molecular weight is 432 g/mol. The lowest BCUT2D eigenvalue weighted by Crippen LogP contribution is -2.55. The minimum absolute atomic E-state index is 0.00778. The third kappa shape index (κ3) is 3.40. The fraction of sp³-hybridized carbons (Fsp3) is 0.286. The molecule has 2 heterocycles. The molecule has 0 spiro atoms. The summed E-state index contributed by atoms with van der Waals surface area (Å²) in [5.74, 6) is -1.18. The fourth-order valence-corrected chi connectivity index (χ4v) is 3.75. The van der Waals surface area contributed by atoms with Gasteiger partial charge in [0.25, 0.3) is 0 Å². The summed E-state index contributed by atoms with van der Waals surface area (Å²) in [5.41, 5.74) is -0.729. The van der Waals surface area contributed by atoms with Gasteiger partial charge >= 0.3 is 0 Å². The largest absolute Gasteiger partial charge is 0.508 e. The highest BCUT2D eigenvalue weighted by Gasteiger charge is 2.46. The van der Waals surface area contributed by atoms with E-state index in [-0.39, 0.29) is 27.8 Å². The Balaban J connectivity index is 1.92. The predicted molar refractivity (Wildman–Crippen MR) is 106 cm³/mol. The maximum atomic E-state index is 13.1. The van der Waals surface area contributed by atoms with Crippen molar-refractivity contribution in [1.29, 1.82) is 0 Å². The van der Waals surface area contributed by atoms with Gasteiger partial charge in [-0.05, 0) is 17.7 Å². The summed E-state index contributed by atoms with van der Waals surface area (Å²) in [5, 5.41) is 69.8. The van der Waals surface area contributed by atoms with Crippen LogP contribution in [0.2, 0.25) is 0 Å². The van der Waals surface area contributed by atoms with Crippen LogP contribution in [0.4, 0.5) is 0 Å². The van der Waals surface area contributed by atoms with Gasteiger partial charge in [-0.15, -0.1) is 0 Å². The average Bonchev–Trinajstić information content (AvgIpc) is 2.74. The van der Waals surface area contributed by atoms with Crippen LogP contribution in [0.3, 0.4) is 0 Å². The lowest BCUT2D eigenvalue weighted by Gasteiger charge is -2.40. The zero-order valence-corrected chi connectivity index (χ0v) is 15.9. The molecule has 1 aromatic heterocycles. The highest BCUT2D eigenvalue weighted by molar-refractivity contribution is 5.91. The number of fused-ring (bicyclic) bond motifs is 1. The number of benzene rings is 2. The Morgan fingerprint density at radius 2 is 1.58 bits per heavy atom. The SMILES string of the molecule is O=c1c(-c2ccc(O)cc2)coc2c([C@@H]3O[C@@H](CO)[C@@H](O)[C@@H](O)[C@H]3O)c(O)cc(O)c12. The zero-order valence-electron chi connectivity index (χ0n) is 15.9. The maximum Gasteiger partial charge on any atom is 0.204 e. The van der Waals surface area contributed by atoms with Crippen LogP contribution in [-0.4, -0.2) is 66.8 Å². The van der Waals surface area contributed by atoms with Crippen LogP contribution in [0.15, 0.2) is 45.8 Å². The predicted octanol–water partition coefficient (Wildman–Crippen LogP) is 0.0917. The first-order valence-electron chi connectivity index (χ1n) is 9.34. The molecule has 7 N–H and O–H groups in total. The topological polar surface area (TPSA) is 181 Å². The molecule has 31 heavy (non-hydrogen) atoms. The second-order valence-corrected chi connectivity index (χ2v) is 7.31. The van der Waals surface area contributed by atoms with E-state index in [9.17, 15) is 40.5 Å². The van der Waals surface area contributed by atoms with Crippen molar-refractivity contribution >= 4 is 11.0 Å². The molecule has 0 amide bonds. The standard InChI is InChI=1S/C21H20O10/c22-6-13-17(27)18(28)19(29)21(31-13)15-12(25)5-11(24)14-16(26)10(7-30-20(14)15)8-1-3-9(23)4-2-8/h1-5,7,13,17-19,21-25,27-29H,6H2/t13-,17+,18+,19+,21-/m0/s1. The van der Waals surface area contributed by atoms with E-state index < -0.39 is 54.1 Å². The van der Waals surface area contributed by atoms with Gasteiger partial charge in [0.2, 0.25) is 5.43 Å². The van der Waals surface area contributed by atoms with Gasteiger partial charge in [-0.25, -0.2) is 0 Å².